The van der Waals surface area contributed by atoms with Crippen molar-refractivity contribution in [2.24, 2.45) is 0 Å². The van der Waals surface area contributed by atoms with E-state index in [4.69, 9.17) is 14.2 Å². The Balaban J connectivity index is 1.54. The lowest BCUT2D eigenvalue weighted by Crippen LogP contribution is -2.43. The number of para-hydroxylation sites is 2. The second-order valence-corrected chi connectivity index (χ2v) is 6.63. The van der Waals surface area contributed by atoms with Crippen LogP contribution in [0, 0.1) is 0 Å². The molecule has 1 aliphatic rings. The maximum atomic E-state index is 6.41. The Morgan fingerprint density at radius 1 is 0.964 bits per heavy atom. The summed E-state index contributed by atoms with van der Waals surface area (Å²) in [6, 6.07) is 23.7. The average molecular weight is 376 g/mol. The number of nitrogens with one attached hydrogen (secondary N) is 1. The van der Waals surface area contributed by atoms with Gasteiger partial charge in [-0.05, 0) is 29.8 Å². The van der Waals surface area contributed by atoms with Crippen molar-refractivity contribution in [3.05, 3.63) is 90.3 Å². The Hall–Kier alpha value is -2.89. The Morgan fingerprint density at radius 3 is 2.50 bits per heavy atom. The Bertz CT molecular complexity index is 852. The molecule has 2 unspecified atom stereocenters. The van der Waals surface area contributed by atoms with Crippen molar-refractivity contribution in [2.75, 3.05) is 19.7 Å². The molecule has 0 bridgehead atoms. The second kappa shape index (κ2) is 9.35. The quantitative estimate of drug-likeness (QED) is 0.680. The zero-order valence-corrected chi connectivity index (χ0v) is 15.7. The van der Waals surface area contributed by atoms with Gasteiger partial charge in [-0.1, -0.05) is 48.5 Å². The van der Waals surface area contributed by atoms with E-state index in [2.05, 4.69) is 10.3 Å². The summed E-state index contributed by atoms with van der Waals surface area (Å²) in [6.45, 7) is 2.71. The van der Waals surface area contributed by atoms with E-state index in [1.165, 1.54) is 0 Å². The Labute approximate surface area is 165 Å². The predicted octanol–water partition coefficient (Wildman–Crippen LogP) is 3.77. The van der Waals surface area contributed by atoms with Gasteiger partial charge in [0, 0.05) is 19.3 Å². The average Bonchev–Trinajstić information content (AvgIpc) is 2.78. The smallest absolute Gasteiger partial charge is 0.168 e. The first-order valence-corrected chi connectivity index (χ1v) is 9.56. The van der Waals surface area contributed by atoms with Gasteiger partial charge in [0.1, 0.15) is 12.7 Å². The molecule has 0 saturated carbocycles. The fourth-order valence-electron chi connectivity index (χ4n) is 3.19. The first-order valence-electron chi connectivity index (χ1n) is 9.56. The van der Waals surface area contributed by atoms with Gasteiger partial charge < -0.3 is 19.5 Å². The van der Waals surface area contributed by atoms with Crippen LogP contribution in [0.25, 0.3) is 0 Å². The van der Waals surface area contributed by atoms with Gasteiger partial charge in [-0.15, -0.1) is 0 Å². The highest BCUT2D eigenvalue weighted by molar-refractivity contribution is 5.40. The van der Waals surface area contributed by atoms with E-state index in [-0.39, 0.29) is 12.2 Å². The third-order valence-corrected chi connectivity index (χ3v) is 4.61. The van der Waals surface area contributed by atoms with Crippen molar-refractivity contribution in [2.45, 2.75) is 18.8 Å². The zero-order valence-electron chi connectivity index (χ0n) is 15.7. The number of benzene rings is 2. The summed E-state index contributed by atoms with van der Waals surface area (Å²) in [6.07, 6.45) is 1.33. The summed E-state index contributed by atoms with van der Waals surface area (Å²) < 4.78 is 18.4. The zero-order chi connectivity index (χ0) is 19.0. The van der Waals surface area contributed by atoms with Crippen LogP contribution in [0.4, 0.5) is 0 Å². The summed E-state index contributed by atoms with van der Waals surface area (Å²) >= 11 is 0. The van der Waals surface area contributed by atoms with Gasteiger partial charge >= 0.3 is 0 Å². The fraction of sp³-hybridized carbons (Fsp3) is 0.261. The molecule has 0 aliphatic carbocycles. The Morgan fingerprint density at radius 2 is 1.75 bits per heavy atom. The predicted molar refractivity (Wildman–Crippen MR) is 107 cm³/mol. The summed E-state index contributed by atoms with van der Waals surface area (Å²) in [5.74, 6) is 1.39. The molecule has 3 aromatic rings. The van der Waals surface area contributed by atoms with Crippen LogP contribution in [0.5, 0.6) is 11.5 Å². The maximum Gasteiger partial charge on any atom is 0.168 e. The molecule has 1 saturated heterocycles. The van der Waals surface area contributed by atoms with Crippen molar-refractivity contribution >= 4 is 0 Å². The van der Waals surface area contributed by atoms with Crippen molar-refractivity contribution in [1.82, 2.24) is 10.3 Å². The summed E-state index contributed by atoms with van der Waals surface area (Å²) in [5.41, 5.74) is 1.95. The van der Waals surface area contributed by atoms with Crippen LogP contribution in [-0.2, 0) is 11.3 Å². The summed E-state index contributed by atoms with van der Waals surface area (Å²) in [5, 5.41) is 3.37. The van der Waals surface area contributed by atoms with Crippen molar-refractivity contribution in [1.29, 1.82) is 0 Å². The van der Waals surface area contributed by atoms with Crippen LogP contribution in [0.1, 0.15) is 17.4 Å². The van der Waals surface area contributed by atoms with E-state index < -0.39 is 0 Å². The molecule has 4 rings (SSSR count). The number of nitrogens with zero attached hydrogens (tertiary/aromatic N) is 1. The van der Waals surface area contributed by atoms with E-state index in [9.17, 15) is 0 Å². The highest BCUT2D eigenvalue weighted by Crippen LogP contribution is 2.33. The molecule has 1 aromatic heterocycles. The molecule has 28 heavy (non-hydrogen) atoms. The molecular formula is C23H24N2O3. The van der Waals surface area contributed by atoms with Crippen molar-refractivity contribution in [3.63, 3.8) is 0 Å². The Kier molecular flexibility index (Phi) is 6.17. The molecule has 2 aromatic carbocycles. The molecule has 5 heteroatoms. The molecule has 1 N–H and O–H groups in total. The van der Waals surface area contributed by atoms with Gasteiger partial charge in [0.25, 0.3) is 0 Å². The van der Waals surface area contributed by atoms with Gasteiger partial charge in [0.2, 0.25) is 0 Å². The number of morpholine rings is 1. The van der Waals surface area contributed by atoms with Crippen LogP contribution in [0.2, 0.25) is 0 Å². The van der Waals surface area contributed by atoms with E-state index in [1.54, 1.807) is 6.20 Å². The minimum atomic E-state index is -0.324. The molecule has 0 radical (unpaired) electrons. The number of hydrogen-bond acceptors (Lipinski definition) is 5. The van der Waals surface area contributed by atoms with Crippen LogP contribution >= 0.6 is 0 Å². The normalized spacial score (nSPS) is 17.6. The molecule has 1 aliphatic heterocycles. The number of ether oxygens (including phenoxy) is 3. The van der Waals surface area contributed by atoms with Crippen LogP contribution in [-0.4, -0.2) is 30.8 Å². The highest BCUT2D eigenvalue weighted by Gasteiger charge is 2.29. The van der Waals surface area contributed by atoms with Gasteiger partial charge in [0.15, 0.2) is 17.6 Å². The topological polar surface area (TPSA) is 52.6 Å². The molecule has 0 amide bonds. The van der Waals surface area contributed by atoms with Crippen molar-refractivity contribution < 1.29 is 14.2 Å². The standard InChI is InChI=1S/C23H24N2O3/c1-2-8-18(9-3-1)17-27-20-11-4-5-12-21(20)28-23(19-10-6-7-13-25-19)22-16-24-14-15-26-22/h1-13,22-24H,14-17H2. The largest absolute Gasteiger partial charge is 0.485 e. The number of pyridine rings is 1. The lowest BCUT2D eigenvalue weighted by Gasteiger charge is -2.31. The molecule has 144 valence electrons. The maximum absolute atomic E-state index is 6.41. The molecular weight excluding hydrogens is 352 g/mol. The summed E-state index contributed by atoms with van der Waals surface area (Å²) in [4.78, 5) is 4.50. The first kappa shape index (κ1) is 18.5. The van der Waals surface area contributed by atoms with Crippen LogP contribution in [0.3, 0.4) is 0 Å². The molecule has 2 atom stereocenters. The SMILES string of the molecule is c1ccc(COc2ccccc2OC(c2ccccn2)C2CNCCO2)cc1. The van der Waals surface area contributed by atoms with Crippen molar-refractivity contribution in [3.8, 4) is 11.5 Å². The van der Waals surface area contributed by atoms with E-state index in [0.717, 1.165) is 17.8 Å². The molecule has 0 spiro atoms. The fourth-order valence-corrected chi connectivity index (χ4v) is 3.19. The molecule has 1 fully saturated rings. The van der Waals surface area contributed by atoms with Gasteiger partial charge in [-0.3, -0.25) is 4.98 Å². The summed E-state index contributed by atoms with van der Waals surface area (Å²) in [7, 11) is 0. The minimum absolute atomic E-state index is 0.120. The lowest BCUT2D eigenvalue weighted by molar-refractivity contribution is -0.0454. The lowest BCUT2D eigenvalue weighted by atomic mass is 10.1. The van der Waals surface area contributed by atoms with Gasteiger partial charge in [-0.2, -0.15) is 0 Å². The third-order valence-electron chi connectivity index (χ3n) is 4.61. The number of aromatic nitrogens is 1. The van der Waals surface area contributed by atoms with E-state index in [1.807, 2.05) is 72.8 Å². The van der Waals surface area contributed by atoms with Gasteiger partial charge in [-0.25, -0.2) is 0 Å². The van der Waals surface area contributed by atoms with E-state index >= 15 is 0 Å². The number of rotatable bonds is 7. The monoisotopic (exact) mass is 376 g/mol. The van der Waals surface area contributed by atoms with Crippen LogP contribution in [0.15, 0.2) is 79.0 Å². The van der Waals surface area contributed by atoms with E-state index in [0.29, 0.717) is 31.3 Å². The highest BCUT2D eigenvalue weighted by atomic mass is 16.6. The number of hydrogen-bond donors (Lipinski definition) is 1. The molecule has 5 nitrogen and oxygen atoms in total. The first-order chi connectivity index (χ1) is 13.9. The molecule has 2 heterocycles. The third kappa shape index (κ3) is 4.68. The second-order valence-electron chi connectivity index (χ2n) is 6.63. The van der Waals surface area contributed by atoms with Gasteiger partial charge in [0.05, 0.1) is 12.3 Å². The minimum Gasteiger partial charge on any atom is -0.485 e. The van der Waals surface area contributed by atoms with Crippen LogP contribution < -0.4 is 14.8 Å².